The number of hydrogen-bond donors (Lipinski definition) is 2. The molecular formula is C7H15IN2O3. The van der Waals surface area contributed by atoms with E-state index in [0.29, 0.717) is 39.5 Å². The maximum atomic E-state index is 10.4. The van der Waals surface area contributed by atoms with Crippen LogP contribution in [0.3, 0.4) is 0 Å². The summed E-state index contributed by atoms with van der Waals surface area (Å²) < 4.78 is 10.1. The van der Waals surface area contributed by atoms with Crippen LogP contribution in [-0.2, 0) is 9.47 Å². The van der Waals surface area contributed by atoms with Crippen LogP contribution >= 0.6 is 22.6 Å². The highest BCUT2D eigenvalue weighted by molar-refractivity contribution is 14.1. The zero-order valence-electron chi connectivity index (χ0n) is 7.42. The number of nitrogens with one attached hydrogen (secondary N) is 1. The molecule has 0 rings (SSSR count). The standard InChI is InChI=1S/C7H15IN2O3/c8-7(11)10-2-4-13-6-5-12-3-1-9/h1-6,9H2,(H,10,11). The molecule has 78 valence electrons. The van der Waals surface area contributed by atoms with E-state index >= 15 is 0 Å². The molecule has 0 bridgehead atoms. The molecule has 0 unspecified atom stereocenters. The second-order valence-corrected chi connectivity index (χ2v) is 3.19. The molecule has 0 spiro atoms. The van der Waals surface area contributed by atoms with E-state index in [2.05, 4.69) is 5.32 Å². The highest BCUT2D eigenvalue weighted by Crippen LogP contribution is 1.82. The lowest BCUT2D eigenvalue weighted by molar-refractivity contribution is 0.0526. The average Bonchev–Trinajstić information content (AvgIpc) is 2.09. The second-order valence-electron chi connectivity index (χ2n) is 2.21. The number of carbonyl (C=O) groups is 1. The van der Waals surface area contributed by atoms with Gasteiger partial charge >= 0.3 is 0 Å². The Balaban J connectivity index is 2.87. The lowest BCUT2D eigenvalue weighted by Crippen LogP contribution is -2.22. The molecule has 0 atom stereocenters. The van der Waals surface area contributed by atoms with Crippen molar-refractivity contribution in [3.8, 4) is 0 Å². The van der Waals surface area contributed by atoms with E-state index in [-0.39, 0.29) is 3.91 Å². The molecular weight excluding hydrogens is 287 g/mol. The van der Waals surface area contributed by atoms with Gasteiger partial charge in [0.05, 0.1) is 26.4 Å². The minimum Gasteiger partial charge on any atom is -0.378 e. The summed E-state index contributed by atoms with van der Waals surface area (Å²) in [5.41, 5.74) is 5.21. The van der Waals surface area contributed by atoms with Crippen molar-refractivity contribution in [2.24, 2.45) is 5.73 Å². The van der Waals surface area contributed by atoms with Gasteiger partial charge in [-0.1, -0.05) is 0 Å². The quantitative estimate of drug-likeness (QED) is 0.289. The van der Waals surface area contributed by atoms with E-state index in [9.17, 15) is 4.79 Å². The van der Waals surface area contributed by atoms with E-state index < -0.39 is 0 Å². The Bertz CT molecular complexity index is 135. The molecule has 0 aliphatic heterocycles. The van der Waals surface area contributed by atoms with Crippen LogP contribution in [0.4, 0.5) is 4.79 Å². The zero-order chi connectivity index (χ0) is 9.94. The van der Waals surface area contributed by atoms with Crippen LogP contribution in [0.15, 0.2) is 0 Å². The summed E-state index contributed by atoms with van der Waals surface area (Å²) in [5.74, 6) is 0. The molecule has 0 aliphatic rings. The van der Waals surface area contributed by atoms with E-state index in [1.807, 2.05) is 0 Å². The number of halogens is 1. The summed E-state index contributed by atoms with van der Waals surface area (Å²) in [6.45, 7) is 3.24. The highest BCUT2D eigenvalue weighted by atomic mass is 127. The van der Waals surface area contributed by atoms with Gasteiger partial charge in [0.2, 0.25) is 0 Å². The topological polar surface area (TPSA) is 73.6 Å². The van der Waals surface area contributed by atoms with Gasteiger partial charge in [-0.15, -0.1) is 0 Å². The lowest BCUT2D eigenvalue weighted by Gasteiger charge is -2.04. The van der Waals surface area contributed by atoms with Crippen molar-refractivity contribution in [2.45, 2.75) is 0 Å². The monoisotopic (exact) mass is 302 g/mol. The fourth-order valence-electron chi connectivity index (χ4n) is 0.627. The molecule has 13 heavy (non-hydrogen) atoms. The summed E-state index contributed by atoms with van der Waals surface area (Å²) in [6.07, 6.45) is 0. The minimum absolute atomic E-state index is 0.0689. The number of rotatable bonds is 8. The molecule has 0 aromatic carbocycles. The zero-order valence-corrected chi connectivity index (χ0v) is 9.58. The van der Waals surface area contributed by atoms with Crippen molar-refractivity contribution in [1.82, 2.24) is 5.32 Å². The SMILES string of the molecule is NCCOCCOCCNC(=O)I. The Labute approximate surface area is 91.5 Å². The summed E-state index contributed by atoms with van der Waals surface area (Å²) in [6, 6.07) is 0. The third kappa shape index (κ3) is 12.1. The maximum Gasteiger partial charge on any atom is 0.280 e. The molecule has 0 aromatic heterocycles. The Kier molecular flexibility index (Phi) is 10.2. The van der Waals surface area contributed by atoms with Crippen molar-refractivity contribution in [2.75, 3.05) is 39.5 Å². The number of amides is 1. The van der Waals surface area contributed by atoms with Crippen molar-refractivity contribution in [3.05, 3.63) is 0 Å². The van der Waals surface area contributed by atoms with Crippen LogP contribution in [-0.4, -0.2) is 43.4 Å². The predicted octanol–water partition coefficient (Wildman–Crippen LogP) is 0.123. The first-order valence-corrected chi connectivity index (χ1v) is 5.14. The van der Waals surface area contributed by atoms with Crippen LogP contribution < -0.4 is 11.1 Å². The summed E-state index contributed by atoms with van der Waals surface area (Å²) >= 11 is 1.68. The molecule has 0 heterocycles. The Morgan fingerprint density at radius 3 is 2.38 bits per heavy atom. The third-order valence-electron chi connectivity index (χ3n) is 1.14. The van der Waals surface area contributed by atoms with Gasteiger partial charge < -0.3 is 20.5 Å². The van der Waals surface area contributed by atoms with Gasteiger partial charge in [0.25, 0.3) is 3.91 Å². The fraction of sp³-hybridized carbons (Fsp3) is 0.857. The Morgan fingerprint density at radius 2 is 1.85 bits per heavy atom. The Morgan fingerprint density at radius 1 is 1.23 bits per heavy atom. The molecule has 1 amide bonds. The van der Waals surface area contributed by atoms with Crippen molar-refractivity contribution >= 4 is 26.5 Å². The first-order valence-electron chi connectivity index (χ1n) is 4.06. The molecule has 5 nitrogen and oxygen atoms in total. The van der Waals surface area contributed by atoms with Gasteiger partial charge in [-0.25, -0.2) is 0 Å². The highest BCUT2D eigenvalue weighted by Gasteiger charge is 1.92. The molecule has 0 radical (unpaired) electrons. The second kappa shape index (κ2) is 10.2. The van der Waals surface area contributed by atoms with Gasteiger partial charge in [-0.2, -0.15) is 0 Å². The van der Waals surface area contributed by atoms with Crippen LogP contribution in [0.2, 0.25) is 0 Å². The lowest BCUT2D eigenvalue weighted by atomic mass is 10.6. The molecule has 0 saturated carbocycles. The Hall–Kier alpha value is 0.0800. The normalized spacial score (nSPS) is 10.0. The average molecular weight is 302 g/mol. The van der Waals surface area contributed by atoms with E-state index in [1.54, 1.807) is 22.6 Å². The maximum absolute atomic E-state index is 10.4. The first kappa shape index (κ1) is 13.1. The largest absolute Gasteiger partial charge is 0.378 e. The predicted molar refractivity (Wildman–Crippen MR) is 58.1 cm³/mol. The van der Waals surface area contributed by atoms with Crippen LogP contribution in [0.1, 0.15) is 0 Å². The molecule has 0 aromatic rings. The fourth-order valence-corrected chi connectivity index (χ4v) is 0.896. The third-order valence-corrected chi connectivity index (χ3v) is 1.53. The number of nitrogens with two attached hydrogens (primary N) is 1. The number of hydrogen-bond acceptors (Lipinski definition) is 4. The molecule has 3 N–H and O–H groups in total. The van der Waals surface area contributed by atoms with Crippen molar-refractivity contribution in [3.63, 3.8) is 0 Å². The molecule has 0 saturated heterocycles. The molecule has 0 fully saturated rings. The summed E-state index contributed by atoms with van der Waals surface area (Å²) in [4.78, 5) is 10.4. The summed E-state index contributed by atoms with van der Waals surface area (Å²) in [7, 11) is 0. The molecule has 0 aliphatic carbocycles. The smallest absolute Gasteiger partial charge is 0.280 e. The number of carbonyl (C=O) groups excluding carboxylic acids is 1. The van der Waals surface area contributed by atoms with Gasteiger partial charge in [0.15, 0.2) is 0 Å². The van der Waals surface area contributed by atoms with Gasteiger partial charge in [-0.3, -0.25) is 4.79 Å². The van der Waals surface area contributed by atoms with E-state index in [4.69, 9.17) is 15.2 Å². The van der Waals surface area contributed by atoms with Crippen LogP contribution in [0, 0.1) is 0 Å². The molecule has 6 heteroatoms. The van der Waals surface area contributed by atoms with Gasteiger partial charge in [0.1, 0.15) is 0 Å². The van der Waals surface area contributed by atoms with E-state index in [1.165, 1.54) is 0 Å². The first-order chi connectivity index (χ1) is 6.27. The van der Waals surface area contributed by atoms with Crippen molar-refractivity contribution in [1.29, 1.82) is 0 Å². The van der Waals surface area contributed by atoms with Gasteiger partial charge in [-0.05, 0) is 0 Å². The van der Waals surface area contributed by atoms with Gasteiger partial charge in [0, 0.05) is 35.7 Å². The minimum atomic E-state index is -0.0689. The van der Waals surface area contributed by atoms with Crippen LogP contribution in [0.25, 0.3) is 0 Å². The van der Waals surface area contributed by atoms with Crippen molar-refractivity contribution < 1.29 is 14.3 Å². The van der Waals surface area contributed by atoms with E-state index in [0.717, 1.165) is 0 Å². The summed E-state index contributed by atoms with van der Waals surface area (Å²) in [5, 5.41) is 2.61. The van der Waals surface area contributed by atoms with Crippen LogP contribution in [0.5, 0.6) is 0 Å². The number of ether oxygens (including phenoxy) is 2.